The summed E-state index contributed by atoms with van der Waals surface area (Å²) in [5, 5.41) is 10.6. The molecule has 0 aliphatic carbocycles. The summed E-state index contributed by atoms with van der Waals surface area (Å²) in [6, 6.07) is 10.8. The van der Waals surface area contributed by atoms with Crippen molar-refractivity contribution in [3.8, 4) is 0 Å². The Morgan fingerprint density at radius 1 is 0.946 bits per heavy atom. The van der Waals surface area contributed by atoms with Gasteiger partial charge in [0.1, 0.15) is 17.5 Å². The van der Waals surface area contributed by atoms with E-state index in [0.29, 0.717) is 31.3 Å². The molecule has 0 saturated heterocycles. The number of hydrogen-bond donors (Lipinski definition) is 4. The molecule has 0 saturated carbocycles. The van der Waals surface area contributed by atoms with Gasteiger partial charge in [-0.25, -0.2) is 18.6 Å². The van der Waals surface area contributed by atoms with E-state index >= 15 is 0 Å². The van der Waals surface area contributed by atoms with Crippen LogP contribution in [0.25, 0.3) is 0 Å². The summed E-state index contributed by atoms with van der Waals surface area (Å²) in [4.78, 5) is 40.6. The van der Waals surface area contributed by atoms with Gasteiger partial charge in [-0.1, -0.05) is 12.1 Å². The lowest BCUT2D eigenvalue weighted by molar-refractivity contribution is -0.143. The van der Waals surface area contributed by atoms with Crippen LogP contribution in [0.1, 0.15) is 36.2 Å². The normalized spacial score (nSPS) is 10.4. The molecule has 1 heterocycles. The second-order valence-electron chi connectivity index (χ2n) is 7.80. The van der Waals surface area contributed by atoms with E-state index in [0.717, 1.165) is 11.6 Å². The Balaban J connectivity index is 1.79. The minimum absolute atomic E-state index is 0.0524. The van der Waals surface area contributed by atoms with E-state index in [9.17, 15) is 23.2 Å². The molecule has 0 unspecified atom stereocenters. The van der Waals surface area contributed by atoms with Crippen LogP contribution in [0.4, 0.5) is 36.5 Å². The molecule has 4 N–H and O–H groups in total. The molecule has 9 nitrogen and oxygen atoms in total. The zero-order valence-corrected chi connectivity index (χ0v) is 20.4. The summed E-state index contributed by atoms with van der Waals surface area (Å²) in [6.07, 6.45) is 1.97. The molecule has 0 aliphatic rings. The SMILES string of the molecule is CCNC(=O)Nc1cc(Nc2ccc(F)cc2F)c(C(=O)Nc2ccc(CCC(=O)OCC)cc2)cn1. The molecular formula is C26H27F2N5O4. The van der Waals surface area contributed by atoms with Crippen LogP contribution >= 0.6 is 0 Å². The van der Waals surface area contributed by atoms with E-state index in [1.54, 1.807) is 38.1 Å². The number of pyridine rings is 1. The summed E-state index contributed by atoms with van der Waals surface area (Å²) in [5.41, 5.74) is 1.49. The summed E-state index contributed by atoms with van der Waals surface area (Å²) >= 11 is 0. The number of urea groups is 1. The Morgan fingerprint density at radius 2 is 1.70 bits per heavy atom. The van der Waals surface area contributed by atoms with Gasteiger partial charge in [0.15, 0.2) is 0 Å². The lowest BCUT2D eigenvalue weighted by atomic mass is 10.1. The van der Waals surface area contributed by atoms with E-state index in [2.05, 4.69) is 26.3 Å². The van der Waals surface area contributed by atoms with Crippen molar-refractivity contribution in [1.82, 2.24) is 10.3 Å². The maximum absolute atomic E-state index is 14.3. The predicted molar refractivity (Wildman–Crippen MR) is 136 cm³/mol. The number of carbonyl (C=O) groups is 3. The number of ether oxygens (including phenoxy) is 1. The maximum atomic E-state index is 14.3. The molecule has 3 amide bonds. The molecule has 3 rings (SSSR count). The first-order valence-corrected chi connectivity index (χ1v) is 11.6. The van der Waals surface area contributed by atoms with Crippen molar-refractivity contribution in [2.24, 2.45) is 0 Å². The van der Waals surface area contributed by atoms with Crippen LogP contribution in [-0.2, 0) is 16.0 Å². The topological polar surface area (TPSA) is 121 Å². The van der Waals surface area contributed by atoms with Crippen molar-refractivity contribution in [1.29, 1.82) is 0 Å². The highest BCUT2D eigenvalue weighted by Crippen LogP contribution is 2.26. The highest BCUT2D eigenvalue weighted by Gasteiger charge is 2.17. The lowest BCUT2D eigenvalue weighted by Crippen LogP contribution is -2.28. The number of benzene rings is 2. The van der Waals surface area contributed by atoms with Crippen molar-refractivity contribution < 1.29 is 27.9 Å². The molecular weight excluding hydrogens is 484 g/mol. The standard InChI is InChI=1S/C26H27F2N5O4/c1-3-29-26(36)33-23-14-22(32-21-11-8-17(27)13-20(21)28)19(15-30-23)25(35)31-18-9-5-16(6-10-18)7-12-24(34)37-4-2/h5-6,8-11,13-15H,3-4,7,12H2,1-2H3,(H,31,35)(H3,29,30,32,33,36). The largest absolute Gasteiger partial charge is 0.466 e. The zero-order valence-electron chi connectivity index (χ0n) is 20.4. The molecule has 2 aromatic carbocycles. The van der Waals surface area contributed by atoms with Gasteiger partial charge < -0.3 is 20.7 Å². The molecule has 11 heteroatoms. The molecule has 0 radical (unpaired) electrons. The molecule has 0 atom stereocenters. The fraction of sp³-hybridized carbons (Fsp3) is 0.231. The summed E-state index contributed by atoms with van der Waals surface area (Å²) in [5.74, 6) is -2.34. The smallest absolute Gasteiger partial charge is 0.320 e. The number of nitrogens with zero attached hydrogens (tertiary/aromatic N) is 1. The summed E-state index contributed by atoms with van der Waals surface area (Å²) in [7, 11) is 0. The average Bonchev–Trinajstić information content (AvgIpc) is 2.86. The van der Waals surface area contributed by atoms with E-state index in [-0.39, 0.29) is 35.1 Å². The minimum atomic E-state index is -0.861. The Bertz CT molecular complexity index is 1270. The van der Waals surface area contributed by atoms with E-state index in [4.69, 9.17) is 4.74 Å². The number of amides is 3. The number of aryl methyl sites for hydroxylation is 1. The molecule has 3 aromatic rings. The van der Waals surface area contributed by atoms with E-state index in [1.807, 2.05) is 0 Å². The van der Waals surface area contributed by atoms with Crippen LogP contribution in [0.15, 0.2) is 54.7 Å². The van der Waals surface area contributed by atoms with Gasteiger partial charge in [0.05, 0.1) is 23.5 Å². The molecule has 1 aromatic heterocycles. The van der Waals surface area contributed by atoms with Crippen LogP contribution in [0.5, 0.6) is 0 Å². The Labute approximate surface area is 212 Å². The molecule has 37 heavy (non-hydrogen) atoms. The second kappa shape index (κ2) is 13.0. The van der Waals surface area contributed by atoms with Crippen LogP contribution in [0.3, 0.4) is 0 Å². The second-order valence-corrected chi connectivity index (χ2v) is 7.80. The van der Waals surface area contributed by atoms with Gasteiger partial charge >= 0.3 is 12.0 Å². The van der Waals surface area contributed by atoms with Gasteiger partial charge in [-0.3, -0.25) is 14.9 Å². The molecule has 194 valence electrons. The molecule has 0 aliphatic heterocycles. The third kappa shape index (κ3) is 7.99. The number of halogens is 2. The zero-order chi connectivity index (χ0) is 26.8. The fourth-order valence-electron chi connectivity index (χ4n) is 3.30. The number of nitrogens with one attached hydrogen (secondary N) is 4. The predicted octanol–water partition coefficient (Wildman–Crippen LogP) is 4.99. The molecule has 0 spiro atoms. The van der Waals surface area contributed by atoms with Crippen molar-refractivity contribution in [3.05, 3.63) is 77.5 Å². The Hall–Kier alpha value is -4.54. The number of aromatic nitrogens is 1. The highest BCUT2D eigenvalue weighted by molar-refractivity contribution is 6.08. The number of hydrogen-bond acceptors (Lipinski definition) is 6. The van der Waals surface area contributed by atoms with Crippen LogP contribution in [-0.4, -0.2) is 36.0 Å². The third-order valence-electron chi connectivity index (χ3n) is 5.06. The summed E-state index contributed by atoms with van der Waals surface area (Å²) < 4.78 is 32.6. The monoisotopic (exact) mass is 511 g/mol. The van der Waals surface area contributed by atoms with Crippen LogP contribution < -0.4 is 21.3 Å². The fourth-order valence-corrected chi connectivity index (χ4v) is 3.30. The van der Waals surface area contributed by atoms with Crippen molar-refractivity contribution >= 4 is 40.8 Å². The van der Waals surface area contributed by atoms with Crippen molar-refractivity contribution in [3.63, 3.8) is 0 Å². The van der Waals surface area contributed by atoms with Gasteiger partial charge in [0, 0.05) is 37.0 Å². The quantitative estimate of drug-likeness (QED) is 0.285. The third-order valence-corrected chi connectivity index (χ3v) is 5.06. The van der Waals surface area contributed by atoms with Gasteiger partial charge in [0.2, 0.25) is 0 Å². The average molecular weight is 512 g/mol. The minimum Gasteiger partial charge on any atom is -0.466 e. The molecule has 0 bridgehead atoms. The van der Waals surface area contributed by atoms with Gasteiger partial charge in [-0.15, -0.1) is 0 Å². The van der Waals surface area contributed by atoms with Crippen LogP contribution in [0.2, 0.25) is 0 Å². The van der Waals surface area contributed by atoms with E-state index < -0.39 is 23.6 Å². The number of carbonyl (C=O) groups excluding carboxylic acids is 3. The van der Waals surface area contributed by atoms with E-state index in [1.165, 1.54) is 18.3 Å². The van der Waals surface area contributed by atoms with Crippen molar-refractivity contribution in [2.45, 2.75) is 26.7 Å². The number of esters is 1. The Morgan fingerprint density at radius 3 is 2.38 bits per heavy atom. The summed E-state index contributed by atoms with van der Waals surface area (Å²) in [6.45, 7) is 4.21. The van der Waals surface area contributed by atoms with Gasteiger partial charge in [-0.2, -0.15) is 0 Å². The lowest BCUT2D eigenvalue weighted by Gasteiger charge is -2.15. The first-order chi connectivity index (χ1) is 17.8. The molecule has 0 fully saturated rings. The highest BCUT2D eigenvalue weighted by atomic mass is 19.1. The number of rotatable bonds is 10. The maximum Gasteiger partial charge on any atom is 0.320 e. The number of anilines is 4. The Kier molecular flexibility index (Phi) is 9.48. The first kappa shape index (κ1) is 27.1. The van der Waals surface area contributed by atoms with Gasteiger partial charge in [-0.05, 0) is 50.1 Å². The van der Waals surface area contributed by atoms with Gasteiger partial charge in [0.25, 0.3) is 5.91 Å². The first-order valence-electron chi connectivity index (χ1n) is 11.6. The van der Waals surface area contributed by atoms with Crippen LogP contribution in [0, 0.1) is 11.6 Å². The van der Waals surface area contributed by atoms with Crippen molar-refractivity contribution in [2.75, 3.05) is 29.1 Å².